The number of methoxy groups -OCH3 is 2. The summed E-state index contributed by atoms with van der Waals surface area (Å²) in [4.78, 5) is 28.1. The number of hydrogen-bond donors (Lipinski definition) is 0. The minimum Gasteiger partial charge on any atom is -0.493 e. The second-order valence-electron chi connectivity index (χ2n) is 11.1. The van der Waals surface area contributed by atoms with Crippen molar-refractivity contribution in [1.29, 1.82) is 0 Å². The first-order valence-electron chi connectivity index (χ1n) is 13.4. The average Bonchev–Trinajstić information content (AvgIpc) is 2.86. The lowest BCUT2D eigenvalue weighted by atomic mass is 9.47. The quantitative estimate of drug-likeness (QED) is 0.424. The van der Waals surface area contributed by atoms with Crippen LogP contribution in [-0.2, 0) is 19.1 Å². The van der Waals surface area contributed by atoms with Gasteiger partial charge in [-0.1, -0.05) is 13.0 Å². The van der Waals surface area contributed by atoms with Crippen LogP contribution < -0.4 is 9.47 Å². The van der Waals surface area contributed by atoms with Crippen LogP contribution in [0.3, 0.4) is 0 Å². The van der Waals surface area contributed by atoms with E-state index in [1.165, 1.54) is 25.8 Å². The number of rotatable bonds is 6. The lowest BCUT2D eigenvalue weighted by molar-refractivity contribution is -0.247. The van der Waals surface area contributed by atoms with Crippen LogP contribution in [0.2, 0.25) is 0 Å². The molecule has 0 aromatic heterocycles. The summed E-state index contributed by atoms with van der Waals surface area (Å²) in [5, 5.41) is 0. The molecule has 7 atom stereocenters. The molecule has 0 N–H and O–H groups in total. The first-order chi connectivity index (χ1) is 17.4. The number of benzene rings is 1. The molecule has 5 rings (SSSR count). The van der Waals surface area contributed by atoms with E-state index < -0.39 is 12.1 Å². The Labute approximate surface area is 214 Å². The van der Waals surface area contributed by atoms with Crippen LogP contribution in [0.1, 0.15) is 57.9 Å². The summed E-state index contributed by atoms with van der Waals surface area (Å²) >= 11 is 0. The average molecular weight is 498 g/mol. The minimum atomic E-state index is -0.425. The molecule has 2 saturated carbocycles. The molecule has 4 fully saturated rings. The summed E-state index contributed by atoms with van der Waals surface area (Å²) in [5.74, 6) is 1.99. The SMILES string of the molecule is COc1ccc(C=CC(=O)OC2C(OC(C)=O)C3CC(C)CC45C3CCCN4CCCC25)cc1OC. The maximum Gasteiger partial charge on any atom is 0.331 e. The largest absolute Gasteiger partial charge is 0.493 e. The topological polar surface area (TPSA) is 74.3 Å². The predicted molar refractivity (Wildman–Crippen MR) is 136 cm³/mol. The standard InChI is InChI=1S/C29H39NO6/c1-18-15-21-22-7-5-13-30-14-6-8-23(29(22,30)17-18)28(27(21)35-19(2)31)36-26(32)12-10-20-9-11-24(33-3)25(16-20)34-4/h9-12,16,18,21-23,27-28H,5-8,13-15,17H2,1-4H3. The van der Waals surface area contributed by atoms with E-state index >= 15 is 0 Å². The highest BCUT2D eigenvalue weighted by atomic mass is 16.6. The van der Waals surface area contributed by atoms with Crippen molar-refractivity contribution in [2.45, 2.75) is 70.1 Å². The monoisotopic (exact) mass is 497 g/mol. The van der Waals surface area contributed by atoms with Gasteiger partial charge in [0.25, 0.3) is 0 Å². The molecule has 0 radical (unpaired) electrons. The van der Waals surface area contributed by atoms with Gasteiger partial charge in [0.05, 0.1) is 14.2 Å². The van der Waals surface area contributed by atoms with E-state index in [1.54, 1.807) is 20.3 Å². The van der Waals surface area contributed by atoms with Gasteiger partial charge in [0, 0.05) is 30.4 Å². The van der Waals surface area contributed by atoms with Crippen LogP contribution in [0.25, 0.3) is 6.08 Å². The van der Waals surface area contributed by atoms with Crippen molar-refractivity contribution in [3.05, 3.63) is 29.8 Å². The summed E-state index contributed by atoms with van der Waals surface area (Å²) in [6.07, 6.45) is 8.98. The normalized spacial score (nSPS) is 35.6. The van der Waals surface area contributed by atoms with E-state index in [1.807, 2.05) is 18.2 Å². The van der Waals surface area contributed by atoms with E-state index in [9.17, 15) is 9.59 Å². The lowest BCUT2D eigenvalue weighted by Gasteiger charge is -2.68. The van der Waals surface area contributed by atoms with E-state index in [-0.39, 0.29) is 29.4 Å². The summed E-state index contributed by atoms with van der Waals surface area (Å²) in [6.45, 7) is 6.03. The minimum absolute atomic E-state index is 0.0491. The summed E-state index contributed by atoms with van der Waals surface area (Å²) in [5.41, 5.74) is 0.860. The molecular weight excluding hydrogens is 458 g/mol. The second kappa shape index (κ2) is 10.1. The Morgan fingerprint density at radius 3 is 2.42 bits per heavy atom. The molecule has 7 nitrogen and oxygen atoms in total. The number of esters is 2. The van der Waals surface area contributed by atoms with Crippen molar-refractivity contribution in [1.82, 2.24) is 4.90 Å². The Balaban J connectivity index is 1.43. The fourth-order valence-electron chi connectivity index (χ4n) is 8.14. The fourth-order valence-corrected chi connectivity index (χ4v) is 8.14. The number of carbonyl (C=O) groups excluding carboxylic acids is 2. The molecule has 196 valence electrons. The molecule has 2 heterocycles. The van der Waals surface area contributed by atoms with Crippen LogP contribution in [0.5, 0.6) is 11.5 Å². The molecule has 2 aliphatic heterocycles. The number of ether oxygens (including phenoxy) is 4. The van der Waals surface area contributed by atoms with Crippen LogP contribution in [-0.4, -0.2) is 61.9 Å². The summed E-state index contributed by atoms with van der Waals surface area (Å²) < 4.78 is 22.9. The van der Waals surface area contributed by atoms with Crippen LogP contribution in [0.4, 0.5) is 0 Å². The molecule has 36 heavy (non-hydrogen) atoms. The zero-order valence-electron chi connectivity index (χ0n) is 21.9. The third-order valence-corrected chi connectivity index (χ3v) is 9.14. The maximum atomic E-state index is 13.2. The molecule has 7 heteroatoms. The zero-order chi connectivity index (χ0) is 25.4. The van der Waals surface area contributed by atoms with Gasteiger partial charge in [-0.15, -0.1) is 0 Å². The molecule has 1 aromatic rings. The molecule has 7 unspecified atom stereocenters. The van der Waals surface area contributed by atoms with Gasteiger partial charge in [0.15, 0.2) is 11.5 Å². The van der Waals surface area contributed by atoms with Crippen molar-refractivity contribution in [2.24, 2.45) is 23.7 Å². The molecular formula is C29H39NO6. The molecule has 1 spiro atoms. The maximum absolute atomic E-state index is 13.2. The molecule has 2 aliphatic carbocycles. The van der Waals surface area contributed by atoms with Gasteiger partial charge in [-0.3, -0.25) is 9.69 Å². The van der Waals surface area contributed by atoms with E-state index in [4.69, 9.17) is 18.9 Å². The number of carbonyl (C=O) groups is 2. The molecule has 2 bridgehead atoms. The molecule has 0 amide bonds. The van der Waals surface area contributed by atoms with Gasteiger partial charge in [-0.2, -0.15) is 0 Å². The van der Waals surface area contributed by atoms with Gasteiger partial charge < -0.3 is 18.9 Å². The number of nitrogens with zero attached hydrogens (tertiary/aromatic N) is 1. The number of piperidine rings is 2. The smallest absolute Gasteiger partial charge is 0.331 e. The first-order valence-corrected chi connectivity index (χ1v) is 13.4. The fraction of sp³-hybridized carbons (Fsp3) is 0.655. The predicted octanol–water partition coefficient (Wildman–Crippen LogP) is 4.48. The van der Waals surface area contributed by atoms with Gasteiger partial charge in [-0.05, 0) is 87.2 Å². The van der Waals surface area contributed by atoms with E-state index in [2.05, 4.69) is 11.8 Å². The Bertz CT molecular complexity index is 1020. The van der Waals surface area contributed by atoms with Crippen molar-refractivity contribution in [3.8, 4) is 11.5 Å². The van der Waals surface area contributed by atoms with Gasteiger partial charge in [-0.25, -0.2) is 4.79 Å². The lowest BCUT2D eigenvalue weighted by Crippen LogP contribution is -2.75. The van der Waals surface area contributed by atoms with Gasteiger partial charge in [0.2, 0.25) is 0 Å². The highest BCUT2D eigenvalue weighted by Crippen LogP contribution is 2.61. The first kappa shape index (κ1) is 25.1. The van der Waals surface area contributed by atoms with Crippen LogP contribution in [0.15, 0.2) is 24.3 Å². The van der Waals surface area contributed by atoms with Crippen molar-refractivity contribution >= 4 is 18.0 Å². The molecule has 4 aliphatic rings. The van der Waals surface area contributed by atoms with Crippen molar-refractivity contribution in [3.63, 3.8) is 0 Å². The van der Waals surface area contributed by atoms with Crippen LogP contribution >= 0.6 is 0 Å². The Morgan fingerprint density at radius 2 is 1.72 bits per heavy atom. The van der Waals surface area contributed by atoms with Crippen molar-refractivity contribution in [2.75, 3.05) is 27.3 Å². The Hall–Kier alpha value is -2.54. The highest BCUT2D eigenvalue weighted by Gasteiger charge is 2.67. The molecule has 2 saturated heterocycles. The number of hydrogen-bond acceptors (Lipinski definition) is 7. The molecule has 1 aromatic carbocycles. The third kappa shape index (κ3) is 4.29. The third-order valence-electron chi connectivity index (χ3n) is 9.14. The van der Waals surface area contributed by atoms with Crippen molar-refractivity contribution < 1.29 is 28.5 Å². The second-order valence-corrected chi connectivity index (χ2v) is 11.1. The van der Waals surface area contributed by atoms with E-state index in [0.717, 1.165) is 44.3 Å². The highest BCUT2D eigenvalue weighted by molar-refractivity contribution is 5.87. The summed E-state index contributed by atoms with van der Waals surface area (Å²) in [7, 11) is 3.17. The summed E-state index contributed by atoms with van der Waals surface area (Å²) in [6, 6.07) is 5.49. The Kier molecular flexibility index (Phi) is 7.03. The van der Waals surface area contributed by atoms with Gasteiger partial charge >= 0.3 is 11.9 Å². The van der Waals surface area contributed by atoms with Crippen LogP contribution in [0, 0.1) is 23.7 Å². The van der Waals surface area contributed by atoms with E-state index in [0.29, 0.717) is 23.3 Å². The Morgan fingerprint density at radius 1 is 1.00 bits per heavy atom. The zero-order valence-corrected chi connectivity index (χ0v) is 21.9. The van der Waals surface area contributed by atoms with Gasteiger partial charge in [0.1, 0.15) is 12.2 Å².